The Morgan fingerprint density at radius 1 is 1.32 bits per heavy atom. The molecule has 1 aliphatic rings. The first kappa shape index (κ1) is 20.6. The summed E-state index contributed by atoms with van der Waals surface area (Å²) in [5.74, 6) is -1.19. The molecule has 31 heavy (non-hydrogen) atoms. The fraction of sp³-hybridized carbons (Fsp3) is 0.211. The van der Waals surface area contributed by atoms with Crippen molar-refractivity contribution in [2.24, 2.45) is 0 Å². The Labute approximate surface area is 181 Å². The molecule has 0 saturated carbocycles. The normalized spacial score (nSPS) is 15.6. The first-order chi connectivity index (χ1) is 15.0. The van der Waals surface area contributed by atoms with Crippen LogP contribution in [-0.4, -0.2) is 57.2 Å². The molecule has 1 aliphatic heterocycles. The van der Waals surface area contributed by atoms with E-state index in [1.54, 1.807) is 13.1 Å². The predicted octanol–water partition coefficient (Wildman–Crippen LogP) is 2.03. The lowest BCUT2D eigenvalue weighted by molar-refractivity contribution is 0.143. The zero-order chi connectivity index (χ0) is 22.0. The number of nitrogens with one attached hydrogen (secondary N) is 2. The number of rotatable bonds is 5. The number of ether oxygens (including phenoxy) is 1. The predicted molar refractivity (Wildman–Crippen MR) is 112 cm³/mol. The largest absolute Gasteiger partial charge is 0.442 e. The summed E-state index contributed by atoms with van der Waals surface area (Å²) in [6.45, 7) is 0.402. The number of halogens is 2. The van der Waals surface area contributed by atoms with Crippen LogP contribution in [0.15, 0.2) is 43.1 Å². The lowest BCUT2D eigenvalue weighted by Gasteiger charge is -2.15. The maximum absolute atomic E-state index is 14.8. The van der Waals surface area contributed by atoms with Crippen molar-refractivity contribution >= 4 is 29.1 Å². The zero-order valence-electron chi connectivity index (χ0n) is 16.2. The number of pyridine rings is 1. The monoisotopic (exact) mass is 445 g/mol. The van der Waals surface area contributed by atoms with Crippen LogP contribution in [-0.2, 0) is 4.74 Å². The van der Waals surface area contributed by atoms with Gasteiger partial charge in [-0.05, 0) is 36.5 Å². The number of cyclic esters (lactones) is 1. The van der Waals surface area contributed by atoms with Gasteiger partial charge in [0.1, 0.15) is 30.4 Å². The summed E-state index contributed by atoms with van der Waals surface area (Å²) in [7, 11) is 1.66. The van der Waals surface area contributed by atoms with Crippen LogP contribution in [0.3, 0.4) is 0 Å². The summed E-state index contributed by atoms with van der Waals surface area (Å²) < 4.78 is 36.3. The number of thiocarbonyl (C=S) groups is 1. The molecule has 3 heterocycles. The van der Waals surface area contributed by atoms with E-state index in [1.807, 2.05) is 0 Å². The Hall–Kier alpha value is -3.67. The molecule has 0 unspecified atom stereocenters. The van der Waals surface area contributed by atoms with Gasteiger partial charge in [0.05, 0.1) is 24.3 Å². The van der Waals surface area contributed by atoms with Crippen LogP contribution in [0.25, 0.3) is 16.9 Å². The van der Waals surface area contributed by atoms with Crippen LogP contribution in [0.4, 0.5) is 19.3 Å². The molecule has 3 aromatic rings. The standard InChI is InChI=1S/C19H17F2N7O2S/c1-22-18(31)25-7-13-8-27(19(29)30-13)12-4-14(20)17(15(21)5-12)11-2-3-16(24-6-11)28-10-23-9-26-28/h2-6,9-10,13H,7-8H2,1H3,(H2,22,25,31)/t13-/m0/s1. The molecule has 12 heteroatoms. The van der Waals surface area contributed by atoms with Crippen molar-refractivity contribution in [2.75, 3.05) is 25.0 Å². The van der Waals surface area contributed by atoms with Gasteiger partial charge in [0.15, 0.2) is 10.9 Å². The van der Waals surface area contributed by atoms with E-state index in [4.69, 9.17) is 17.0 Å². The summed E-state index contributed by atoms with van der Waals surface area (Å²) in [4.78, 5) is 21.4. The van der Waals surface area contributed by atoms with Gasteiger partial charge < -0.3 is 15.4 Å². The van der Waals surface area contributed by atoms with Crippen molar-refractivity contribution < 1.29 is 18.3 Å². The minimum absolute atomic E-state index is 0.0645. The molecule has 9 nitrogen and oxygen atoms in total. The van der Waals surface area contributed by atoms with E-state index in [0.717, 1.165) is 12.1 Å². The lowest BCUT2D eigenvalue weighted by Crippen LogP contribution is -2.39. The van der Waals surface area contributed by atoms with Crippen molar-refractivity contribution in [3.8, 4) is 16.9 Å². The number of hydrogen-bond donors (Lipinski definition) is 2. The molecular weight excluding hydrogens is 428 g/mol. The molecular formula is C19H17F2N7O2S. The van der Waals surface area contributed by atoms with Crippen LogP contribution in [0.5, 0.6) is 0 Å². The molecule has 2 aromatic heterocycles. The molecule has 1 amide bonds. The Bertz CT molecular complexity index is 1090. The van der Waals surface area contributed by atoms with E-state index in [2.05, 4.69) is 25.7 Å². The quantitative estimate of drug-likeness (QED) is 0.576. The number of carbonyl (C=O) groups excluding carboxylic acids is 1. The van der Waals surface area contributed by atoms with Gasteiger partial charge in [-0.15, -0.1) is 0 Å². The summed E-state index contributed by atoms with van der Waals surface area (Å²) in [5.41, 5.74) is 0.0678. The number of aromatic nitrogens is 4. The maximum atomic E-state index is 14.8. The average Bonchev–Trinajstić information content (AvgIpc) is 3.42. The van der Waals surface area contributed by atoms with Crippen molar-refractivity contribution in [1.82, 2.24) is 30.4 Å². The van der Waals surface area contributed by atoms with Gasteiger partial charge in [-0.1, -0.05) is 0 Å². The SMILES string of the molecule is CNC(=S)NC[C@H]1CN(c2cc(F)c(-c3ccc(-n4cncn4)nc3)c(F)c2)C(=O)O1. The highest BCUT2D eigenvalue weighted by Gasteiger charge is 2.33. The van der Waals surface area contributed by atoms with Crippen molar-refractivity contribution in [2.45, 2.75) is 6.10 Å². The highest BCUT2D eigenvalue weighted by molar-refractivity contribution is 7.80. The molecule has 0 aliphatic carbocycles. The molecule has 1 fully saturated rings. The number of benzene rings is 1. The number of hydrogen-bond acceptors (Lipinski definition) is 6. The Morgan fingerprint density at radius 3 is 2.71 bits per heavy atom. The maximum Gasteiger partial charge on any atom is 0.414 e. The summed E-state index contributed by atoms with van der Waals surface area (Å²) in [5, 5.41) is 9.98. The summed E-state index contributed by atoms with van der Waals surface area (Å²) >= 11 is 4.98. The smallest absolute Gasteiger partial charge is 0.414 e. The molecule has 2 N–H and O–H groups in total. The molecule has 1 aromatic carbocycles. The van der Waals surface area contributed by atoms with Gasteiger partial charge in [-0.2, -0.15) is 5.10 Å². The fourth-order valence-corrected chi connectivity index (χ4v) is 3.20. The minimum Gasteiger partial charge on any atom is -0.442 e. The summed E-state index contributed by atoms with van der Waals surface area (Å²) in [6, 6.07) is 5.29. The van der Waals surface area contributed by atoms with E-state index >= 15 is 0 Å². The summed E-state index contributed by atoms with van der Waals surface area (Å²) in [6.07, 6.45) is 2.95. The van der Waals surface area contributed by atoms with E-state index in [-0.39, 0.29) is 29.9 Å². The molecule has 1 saturated heterocycles. The number of amides is 1. The molecule has 0 bridgehead atoms. The van der Waals surface area contributed by atoms with Gasteiger partial charge >= 0.3 is 6.09 Å². The number of nitrogens with zero attached hydrogens (tertiary/aromatic N) is 5. The highest BCUT2D eigenvalue weighted by atomic mass is 32.1. The number of anilines is 1. The van der Waals surface area contributed by atoms with Crippen LogP contribution in [0, 0.1) is 11.6 Å². The molecule has 4 rings (SSSR count). The van der Waals surface area contributed by atoms with Gasteiger partial charge in [0.2, 0.25) is 0 Å². The topological polar surface area (TPSA) is 97.2 Å². The van der Waals surface area contributed by atoms with Crippen LogP contribution in [0.1, 0.15) is 0 Å². The van der Waals surface area contributed by atoms with E-state index in [9.17, 15) is 13.6 Å². The second-order valence-corrected chi connectivity index (χ2v) is 7.01. The van der Waals surface area contributed by atoms with E-state index in [0.29, 0.717) is 10.9 Å². The van der Waals surface area contributed by atoms with Gasteiger partial charge in [-0.3, -0.25) is 4.90 Å². The van der Waals surface area contributed by atoms with Crippen LogP contribution >= 0.6 is 12.2 Å². The van der Waals surface area contributed by atoms with Crippen LogP contribution < -0.4 is 15.5 Å². The zero-order valence-corrected chi connectivity index (χ0v) is 17.1. The third-order valence-electron chi connectivity index (χ3n) is 4.62. The Kier molecular flexibility index (Phi) is 5.71. The number of carbonyl (C=O) groups is 1. The Balaban J connectivity index is 1.53. The first-order valence-corrected chi connectivity index (χ1v) is 9.61. The molecule has 160 valence electrons. The minimum atomic E-state index is -0.823. The second kappa shape index (κ2) is 8.60. The van der Waals surface area contributed by atoms with Crippen molar-refractivity contribution in [3.05, 3.63) is 54.8 Å². The highest BCUT2D eigenvalue weighted by Crippen LogP contribution is 2.31. The van der Waals surface area contributed by atoms with Crippen LogP contribution in [0.2, 0.25) is 0 Å². The average molecular weight is 445 g/mol. The Morgan fingerprint density at radius 2 is 2.10 bits per heavy atom. The van der Waals surface area contributed by atoms with Crippen molar-refractivity contribution in [1.29, 1.82) is 0 Å². The third kappa shape index (κ3) is 4.28. The molecule has 1 atom stereocenters. The third-order valence-corrected chi connectivity index (χ3v) is 4.97. The van der Waals surface area contributed by atoms with E-state index < -0.39 is 23.8 Å². The van der Waals surface area contributed by atoms with E-state index in [1.165, 1.54) is 34.5 Å². The van der Waals surface area contributed by atoms with Gasteiger partial charge in [0, 0.05) is 18.8 Å². The lowest BCUT2D eigenvalue weighted by atomic mass is 10.1. The van der Waals surface area contributed by atoms with Gasteiger partial charge in [0.25, 0.3) is 0 Å². The van der Waals surface area contributed by atoms with Gasteiger partial charge in [-0.25, -0.2) is 28.2 Å². The molecule has 0 radical (unpaired) electrons. The molecule has 0 spiro atoms. The second-order valence-electron chi connectivity index (χ2n) is 6.61. The fourth-order valence-electron chi connectivity index (χ4n) is 3.12. The first-order valence-electron chi connectivity index (χ1n) is 9.20. The van der Waals surface area contributed by atoms with Crippen molar-refractivity contribution in [3.63, 3.8) is 0 Å².